The van der Waals surface area contributed by atoms with Crippen LogP contribution in [0, 0.1) is 11.8 Å². The van der Waals surface area contributed by atoms with Crippen molar-refractivity contribution in [3.63, 3.8) is 0 Å². The molecule has 2 rings (SSSR count). The van der Waals surface area contributed by atoms with Crippen LogP contribution < -0.4 is 0 Å². The Balaban J connectivity index is 1.94. The quantitative estimate of drug-likeness (QED) is 0.410. The average molecular weight is 228 g/mol. The van der Waals surface area contributed by atoms with Gasteiger partial charge in [0.25, 0.3) is 0 Å². The summed E-state index contributed by atoms with van der Waals surface area (Å²) in [5.41, 5.74) is 0. The number of methoxy groups -OCH3 is 1. The molecule has 2 aliphatic rings. The van der Waals surface area contributed by atoms with Crippen LogP contribution in [0.3, 0.4) is 0 Å². The number of fused-ring (bicyclic) bond motifs is 2. The van der Waals surface area contributed by atoms with Gasteiger partial charge in [0.2, 0.25) is 0 Å². The van der Waals surface area contributed by atoms with E-state index in [-0.39, 0.29) is 31.5 Å². The SMILES string of the molecule is COCOC(=O)C(CO)C1CC2C=CC1O2. The lowest BCUT2D eigenvalue weighted by atomic mass is 9.83. The van der Waals surface area contributed by atoms with Gasteiger partial charge in [0.15, 0.2) is 6.79 Å². The van der Waals surface area contributed by atoms with Crippen molar-refractivity contribution in [2.24, 2.45) is 11.8 Å². The second-order valence-electron chi connectivity index (χ2n) is 4.08. The van der Waals surface area contributed by atoms with E-state index in [9.17, 15) is 9.90 Å². The van der Waals surface area contributed by atoms with Crippen LogP contribution in [-0.2, 0) is 19.0 Å². The van der Waals surface area contributed by atoms with Gasteiger partial charge in [-0.25, -0.2) is 0 Å². The Morgan fingerprint density at radius 1 is 1.62 bits per heavy atom. The summed E-state index contributed by atoms with van der Waals surface area (Å²) in [6.45, 7) is -0.291. The van der Waals surface area contributed by atoms with E-state index in [0.29, 0.717) is 0 Å². The molecule has 4 atom stereocenters. The van der Waals surface area contributed by atoms with E-state index in [2.05, 4.69) is 4.74 Å². The molecule has 4 unspecified atom stereocenters. The van der Waals surface area contributed by atoms with Gasteiger partial charge in [0, 0.05) is 13.0 Å². The molecule has 1 saturated heterocycles. The molecule has 2 aliphatic heterocycles. The number of esters is 1. The van der Waals surface area contributed by atoms with Crippen LogP contribution in [0.1, 0.15) is 6.42 Å². The third kappa shape index (κ3) is 2.11. The van der Waals surface area contributed by atoms with Crippen molar-refractivity contribution >= 4 is 5.97 Å². The van der Waals surface area contributed by atoms with Gasteiger partial charge in [-0.1, -0.05) is 12.2 Å². The van der Waals surface area contributed by atoms with Crippen molar-refractivity contribution in [3.8, 4) is 0 Å². The van der Waals surface area contributed by atoms with Crippen molar-refractivity contribution < 1.29 is 24.1 Å². The zero-order valence-corrected chi connectivity index (χ0v) is 9.17. The van der Waals surface area contributed by atoms with Gasteiger partial charge in [0.05, 0.1) is 24.7 Å². The van der Waals surface area contributed by atoms with Crippen LogP contribution in [0.15, 0.2) is 12.2 Å². The normalized spacial score (nSPS) is 33.0. The summed E-state index contributed by atoms with van der Waals surface area (Å²) in [4.78, 5) is 11.7. The molecule has 0 aliphatic carbocycles. The molecule has 90 valence electrons. The predicted molar refractivity (Wildman–Crippen MR) is 54.5 cm³/mol. The standard InChI is InChI=1S/C11H16O5/c1-14-6-15-11(13)9(5-12)8-4-7-2-3-10(8)16-7/h2-3,7-10,12H,4-6H2,1H3. The molecule has 0 radical (unpaired) electrons. The largest absolute Gasteiger partial charge is 0.438 e. The monoisotopic (exact) mass is 228 g/mol. The number of hydrogen-bond acceptors (Lipinski definition) is 5. The highest BCUT2D eigenvalue weighted by Crippen LogP contribution is 2.38. The molecule has 5 nitrogen and oxygen atoms in total. The van der Waals surface area contributed by atoms with Crippen LogP contribution >= 0.6 is 0 Å². The lowest BCUT2D eigenvalue weighted by molar-refractivity contribution is -0.163. The van der Waals surface area contributed by atoms with Crippen LogP contribution in [0.5, 0.6) is 0 Å². The van der Waals surface area contributed by atoms with Gasteiger partial charge in [0.1, 0.15) is 0 Å². The molecule has 2 bridgehead atoms. The molecule has 0 aromatic rings. The van der Waals surface area contributed by atoms with Crippen molar-refractivity contribution in [2.75, 3.05) is 20.5 Å². The smallest absolute Gasteiger partial charge is 0.313 e. The summed E-state index contributed by atoms with van der Waals surface area (Å²) in [6, 6.07) is 0. The number of aliphatic hydroxyl groups is 1. The van der Waals surface area contributed by atoms with E-state index < -0.39 is 11.9 Å². The van der Waals surface area contributed by atoms with Gasteiger partial charge in [-0.15, -0.1) is 0 Å². The zero-order valence-electron chi connectivity index (χ0n) is 9.17. The van der Waals surface area contributed by atoms with Gasteiger partial charge in [-0.2, -0.15) is 0 Å². The van der Waals surface area contributed by atoms with Gasteiger partial charge < -0.3 is 19.3 Å². The number of ether oxygens (including phenoxy) is 3. The van der Waals surface area contributed by atoms with Crippen LogP contribution in [-0.4, -0.2) is 43.8 Å². The Kier molecular flexibility index (Phi) is 3.58. The maximum atomic E-state index is 11.7. The second-order valence-corrected chi connectivity index (χ2v) is 4.08. The summed E-state index contributed by atoms with van der Waals surface area (Å²) >= 11 is 0. The first kappa shape index (κ1) is 11.6. The number of rotatable bonds is 5. The number of carbonyl (C=O) groups is 1. The van der Waals surface area contributed by atoms with E-state index in [1.807, 2.05) is 12.2 Å². The topological polar surface area (TPSA) is 65.0 Å². The van der Waals surface area contributed by atoms with Crippen LogP contribution in [0.4, 0.5) is 0 Å². The highest BCUT2D eigenvalue weighted by molar-refractivity contribution is 5.73. The van der Waals surface area contributed by atoms with E-state index in [4.69, 9.17) is 9.47 Å². The molecule has 0 amide bonds. The highest BCUT2D eigenvalue weighted by Gasteiger charge is 2.44. The van der Waals surface area contributed by atoms with E-state index in [1.165, 1.54) is 7.11 Å². The minimum absolute atomic E-state index is 0.0179. The van der Waals surface area contributed by atoms with Crippen LogP contribution in [0.2, 0.25) is 0 Å². The Morgan fingerprint density at radius 3 is 2.94 bits per heavy atom. The molecule has 1 fully saturated rings. The van der Waals surface area contributed by atoms with Gasteiger partial charge in [-0.05, 0) is 6.42 Å². The minimum Gasteiger partial charge on any atom is -0.438 e. The molecule has 2 heterocycles. The first-order valence-corrected chi connectivity index (χ1v) is 5.36. The Hall–Kier alpha value is -0.910. The zero-order chi connectivity index (χ0) is 11.5. The summed E-state index contributed by atoms with van der Waals surface area (Å²) < 4.78 is 15.1. The van der Waals surface area contributed by atoms with Crippen molar-refractivity contribution in [2.45, 2.75) is 18.6 Å². The molecule has 0 saturated carbocycles. The van der Waals surface area contributed by atoms with Crippen molar-refractivity contribution in [3.05, 3.63) is 12.2 Å². The molecule has 0 spiro atoms. The summed E-state index contributed by atoms with van der Waals surface area (Å²) in [6.07, 6.45) is 4.76. The third-order valence-corrected chi connectivity index (χ3v) is 3.11. The van der Waals surface area contributed by atoms with Crippen molar-refractivity contribution in [1.82, 2.24) is 0 Å². The number of carbonyl (C=O) groups excluding carboxylic acids is 1. The molecular formula is C11H16O5. The number of aliphatic hydroxyl groups excluding tert-OH is 1. The predicted octanol–water partition coefficient (Wildman–Crippen LogP) is 0.0855. The van der Waals surface area contributed by atoms with Crippen LogP contribution in [0.25, 0.3) is 0 Å². The first-order chi connectivity index (χ1) is 7.76. The molecule has 0 aromatic carbocycles. The molecule has 0 aromatic heterocycles. The minimum atomic E-state index is -0.518. The fourth-order valence-electron chi connectivity index (χ4n) is 2.31. The average Bonchev–Trinajstić information content (AvgIpc) is 2.89. The molecule has 16 heavy (non-hydrogen) atoms. The summed E-state index contributed by atoms with van der Waals surface area (Å²) in [7, 11) is 1.45. The third-order valence-electron chi connectivity index (χ3n) is 3.11. The molecule has 1 N–H and O–H groups in total. The number of hydrogen-bond donors (Lipinski definition) is 1. The van der Waals surface area contributed by atoms with E-state index in [0.717, 1.165) is 6.42 Å². The first-order valence-electron chi connectivity index (χ1n) is 5.36. The fraction of sp³-hybridized carbons (Fsp3) is 0.727. The van der Waals surface area contributed by atoms with E-state index in [1.54, 1.807) is 0 Å². The fourth-order valence-corrected chi connectivity index (χ4v) is 2.31. The summed E-state index contributed by atoms with van der Waals surface area (Å²) in [5, 5.41) is 9.26. The Bertz CT molecular complexity index is 288. The molecular weight excluding hydrogens is 212 g/mol. The lowest BCUT2D eigenvalue weighted by Gasteiger charge is -2.23. The maximum absolute atomic E-state index is 11.7. The Labute approximate surface area is 94.0 Å². The van der Waals surface area contributed by atoms with Gasteiger partial charge >= 0.3 is 5.97 Å². The Morgan fingerprint density at radius 2 is 2.44 bits per heavy atom. The van der Waals surface area contributed by atoms with E-state index >= 15 is 0 Å². The summed E-state index contributed by atoms with van der Waals surface area (Å²) in [5.74, 6) is -0.918. The lowest BCUT2D eigenvalue weighted by Crippen LogP contribution is -2.33. The molecule has 5 heteroatoms. The van der Waals surface area contributed by atoms with Crippen molar-refractivity contribution in [1.29, 1.82) is 0 Å². The maximum Gasteiger partial charge on any atom is 0.313 e. The highest BCUT2D eigenvalue weighted by atomic mass is 16.7. The second kappa shape index (κ2) is 4.95. The van der Waals surface area contributed by atoms with Gasteiger partial charge in [-0.3, -0.25) is 4.79 Å².